The van der Waals surface area contributed by atoms with Gasteiger partial charge in [-0.25, -0.2) is 0 Å². The van der Waals surface area contributed by atoms with Gasteiger partial charge >= 0.3 is 0 Å². The molecule has 1 N–H and O–H groups in total. The van der Waals surface area contributed by atoms with Crippen molar-refractivity contribution in [3.8, 4) is 0 Å². The van der Waals surface area contributed by atoms with E-state index >= 15 is 0 Å². The van der Waals surface area contributed by atoms with Gasteiger partial charge in [-0.2, -0.15) is 0 Å². The first-order valence-corrected chi connectivity index (χ1v) is 5.98. The fourth-order valence-corrected chi connectivity index (χ4v) is 2.43. The highest BCUT2D eigenvalue weighted by atomic mass is 16.1. The number of benzene rings is 1. The molecule has 0 saturated heterocycles. The lowest BCUT2D eigenvalue weighted by atomic mass is 9.84. The minimum absolute atomic E-state index is 0.00861. The van der Waals surface area contributed by atoms with E-state index in [9.17, 15) is 4.79 Å². The van der Waals surface area contributed by atoms with Gasteiger partial charge in [0.1, 0.15) is 0 Å². The molecule has 0 aliphatic heterocycles. The summed E-state index contributed by atoms with van der Waals surface area (Å²) >= 11 is 0. The zero-order valence-corrected chi connectivity index (χ0v) is 10.2. The largest absolute Gasteiger partial charge is 0.305 e. The third kappa shape index (κ3) is 2.03. The van der Waals surface area contributed by atoms with E-state index in [1.165, 1.54) is 11.1 Å². The predicted molar refractivity (Wildman–Crippen MR) is 65.9 cm³/mol. The molecule has 16 heavy (non-hydrogen) atoms. The van der Waals surface area contributed by atoms with Gasteiger partial charge < -0.3 is 5.32 Å². The number of aryl methyl sites for hydroxylation is 1. The van der Waals surface area contributed by atoms with Crippen molar-refractivity contribution < 1.29 is 4.79 Å². The molecule has 0 heterocycles. The molecule has 0 amide bonds. The molecular weight excluding hydrogens is 198 g/mol. The third-order valence-corrected chi connectivity index (χ3v) is 3.21. The van der Waals surface area contributed by atoms with Gasteiger partial charge in [-0.3, -0.25) is 4.79 Å². The molecule has 2 rings (SSSR count). The van der Waals surface area contributed by atoms with E-state index in [2.05, 4.69) is 32.2 Å². The summed E-state index contributed by atoms with van der Waals surface area (Å²) < 4.78 is 0. The Morgan fingerprint density at radius 1 is 1.38 bits per heavy atom. The molecule has 0 aromatic heterocycles. The summed E-state index contributed by atoms with van der Waals surface area (Å²) in [4.78, 5) is 12.2. The topological polar surface area (TPSA) is 29.1 Å². The summed E-state index contributed by atoms with van der Waals surface area (Å²) in [6, 6.07) is 6.39. The smallest absolute Gasteiger partial charge is 0.180 e. The van der Waals surface area contributed by atoms with Crippen molar-refractivity contribution in [1.29, 1.82) is 0 Å². The molecular formula is C14H19NO. The highest BCUT2D eigenvalue weighted by Gasteiger charge is 2.27. The Hall–Kier alpha value is -1.15. The minimum atomic E-state index is 0.00861. The molecule has 2 nitrogen and oxygen atoms in total. The van der Waals surface area contributed by atoms with Crippen LogP contribution in [0.1, 0.15) is 41.8 Å². The standard InChI is InChI=1S/C14H19NO/c1-9(2)15-13-8-7-11-10(3)5-4-6-12(11)14(13)16/h4-6,9,13,15H,7-8H2,1-3H3. The molecule has 1 aromatic rings. The Labute approximate surface area is 97.1 Å². The van der Waals surface area contributed by atoms with Gasteiger partial charge in [0.15, 0.2) is 5.78 Å². The van der Waals surface area contributed by atoms with Crippen molar-refractivity contribution in [2.24, 2.45) is 0 Å². The van der Waals surface area contributed by atoms with E-state index in [-0.39, 0.29) is 11.8 Å². The number of nitrogens with one attached hydrogen (secondary N) is 1. The first-order valence-electron chi connectivity index (χ1n) is 5.98. The highest BCUT2D eigenvalue weighted by Crippen LogP contribution is 2.24. The van der Waals surface area contributed by atoms with Crippen LogP contribution in [0.5, 0.6) is 0 Å². The van der Waals surface area contributed by atoms with Gasteiger partial charge in [0.2, 0.25) is 0 Å². The molecule has 0 fully saturated rings. The van der Waals surface area contributed by atoms with Crippen LogP contribution in [0.15, 0.2) is 18.2 Å². The molecule has 2 heteroatoms. The molecule has 1 aliphatic carbocycles. The maximum absolute atomic E-state index is 12.2. The second-order valence-corrected chi connectivity index (χ2v) is 4.88. The molecule has 1 aromatic carbocycles. The average molecular weight is 217 g/mol. The molecule has 0 radical (unpaired) electrons. The van der Waals surface area contributed by atoms with Crippen LogP contribution in [0.25, 0.3) is 0 Å². The third-order valence-electron chi connectivity index (χ3n) is 3.21. The summed E-state index contributed by atoms with van der Waals surface area (Å²) in [5.41, 5.74) is 3.41. The number of Topliss-reactive ketones (excluding diaryl/α,β-unsaturated/α-hetero) is 1. The molecule has 1 unspecified atom stereocenters. The fraction of sp³-hybridized carbons (Fsp3) is 0.500. The maximum Gasteiger partial charge on any atom is 0.180 e. The number of carbonyl (C=O) groups is 1. The van der Waals surface area contributed by atoms with Crippen LogP contribution in [0.2, 0.25) is 0 Å². The van der Waals surface area contributed by atoms with E-state index in [0.29, 0.717) is 6.04 Å². The zero-order chi connectivity index (χ0) is 11.7. The van der Waals surface area contributed by atoms with Crippen LogP contribution in [-0.2, 0) is 6.42 Å². The van der Waals surface area contributed by atoms with Crippen molar-refractivity contribution in [1.82, 2.24) is 5.32 Å². The fourth-order valence-electron chi connectivity index (χ4n) is 2.43. The lowest BCUT2D eigenvalue weighted by molar-refractivity contribution is 0.0922. The minimum Gasteiger partial charge on any atom is -0.305 e. The second kappa shape index (κ2) is 4.38. The Kier molecular flexibility index (Phi) is 3.10. The van der Waals surface area contributed by atoms with Crippen LogP contribution in [-0.4, -0.2) is 17.9 Å². The first-order chi connectivity index (χ1) is 7.59. The highest BCUT2D eigenvalue weighted by molar-refractivity contribution is 6.02. The lowest BCUT2D eigenvalue weighted by Gasteiger charge is -2.26. The SMILES string of the molecule is Cc1cccc2c1CCC(NC(C)C)C2=O. The number of hydrogen-bond donors (Lipinski definition) is 1. The number of ketones is 1. The summed E-state index contributed by atoms with van der Waals surface area (Å²) in [6.07, 6.45) is 1.94. The molecule has 1 atom stereocenters. The second-order valence-electron chi connectivity index (χ2n) is 4.88. The molecule has 0 spiro atoms. The number of rotatable bonds is 2. The van der Waals surface area contributed by atoms with E-state index in [4.69, 9.17) is 0 Å². The number of carbonyl (C=O) groups excluding carboxylic acids is 1. The Morgan fingerprint density at radius 3 is 2.81 bits per heavy atom. The van der Waals surface area contributed by atoms with Gasteiger partial charge in [0.05, 0.1) is 6.04 Å². The maximum atomic E-state index is 12.2. The van der Waals surface area contributed by atoms with Crippen LogP contribution in [0.4, 0.5) is 0 Å². The Bertz CT molecular complexity index is 409. The Morgan fingerprint density at radius 2 is 2.12 bits per heavy atom. The summed E-state index contributed by atoms with van der Waals surface area (Å²) in [5, 5.41) is 3.34. The summed E-state index contributed by atoms with van der Waals surface area (Å²) in [5.74, 6) is 0.263. The van der Waals surface area contributed by atoms with Gasteiger partial charge in [-0.05, 0) is 30.9 Å². The molecule has 0 saturated carbocycles. The van der Waals surface area contributed by atoms with Gasteiger partial charge in [-0.15, -0.1) is 0 Å². The van der Waals surface area contributed by atoms with E-state index < -0.39 is 0 Å². The predicted octanol–water partition coefficient (Wildman–Crippen LogP) is 2.49. The lowest BCUT2D eigenvalue weighted by Crippen LogP contribution is -2.43. The van der Waals surface area contributed by atoms with Crippen molar-refractivity contribution in [2.75, 3.05) is 0 Å². The summed E-state index contributed by atoms with van der Waals surface area (Å²) in [7, 11) is 0. The number of hydrogen-bond acceptors (Lipinski definition) is 2. The zero-order valence-electron chi connectivity index (χ0n) is 10.2. The summed E-state index contributed by atoms with van der Waals surface area (Å²) in [6.45, 7) is 6.25. The van der Waals surface area contributed by atoms with E-state index in [1.807, 2.05) is 12.1 Å². The van der Waals surface area contributed by atoms with Gasteiger partial charge in [-0.1, -0.05) is 32.0 Å². The van der Waals surface area contributed by atoms with Crippen molar-refractivity contribution in [3.05, 3.63) is 34.9 Å². The first kappa shape index (κ1) is 11.3. The molecule has 86 valence electrons. The quantitative estimate of drug-likeness (QED) is 0.824. The molecule has 1 aliphatic rings. The Balaban J connectivity index is 2.29. The average Bonchev–Trinajstić information content (AvgIpc) is 2.23. The van der Waals surface area contributed by atoms with Gasteiger partial charge in [0.25, 0.3) is 0 Å². The molecule has 0 bridgehead atoms. The normalized spacial score (nSPS) is 20.0. The van der Waals surface area contributed by atoms with Crippen LogP contribution in [0.3, 0.4) is 0 Å². The van der Waals surface area contributed by atoms with Crippen molar-refractivity contribution in [2.45, 2.75) is 45.7 Å². The van der Waals surface area contributed by atoms with Crippen molar-refractivity contribution >= 4 is 5.78 Å². The van der Waals surface area contributed by atoms with Crippen LogP contribution in [0, 0.1) is 6.92 Å². The van der Waals surface area contributed by atoms with E-state index in [1.54, 1.807) is 0 Å². The van der Waals surface area contributed by atoms with Gasteiger partial charge in [0, 0.05) is 11.6 Å². The van der Waals surface area contributed by atoms with Crippen molar-refractivity contribution in [3.63, 3.8) is 0 Å². The monoisotopic (exact) mass is 217 g/mol. The van der Waals surface area contributed by atoms with E-state index in [0.717, 1.165) is 18.4 Å². The van der Waals surface area contributed by atoms with Crippen LogP contribution < -0.4 is 5.32 Å². The van der Waals surface area contributed by atoms with Crippen LogP contribution >= 0.6 is 0 Å². The number of fused-ring (bicyclic) bond motifs is 1.